The minimum absolute atomic E-state index is 0.540. The molecule has 1 aromatic heterocycles. The molecule has 0 bridgehead atoms. The molecule has 0 aliphatic heterocycles. The molecule has 1 aromatic rings. The molecule has 1 heterocycles. The third-order valence-electron chi connectivity index (χ3n) is 3.03. The molecule has 0 amide bonds. The molecule has 1 N–H and O–H groups in total. The number of likely N-dealkylation sites (N-methyl/N-ethyl adjacent to an activating group) is 1. The molecule has 1 rings (SSSR count). The van der Waals surface area contributed by atoms with E-state index in [2.05, 4.69) is 42.0 Å². The molecule has 3 nitrogen and oxygen atoms in total. The Morgan fingerprint density at radius 3 is 2.65 bits per heavy atom. The topological polar surface area (TPSA) is 28.2 Å². The van der Waals surface area contributed by atoms with Crippen LogP contribution in [0.5, 0.6) is 0 Å². The molecule has 0 radical (unpaired) electrons. The fraction of sp³-hybridized carbons (Fsp3) is 0.643. The Bertz CT molecular complexity index is 283. The van der Waals surface area contributed by atoms with Gasteiger partial charge in [-0.05, 0) is 32.1 Å². The molecular formula is C14H25N3. The molecule has 17 heavy (non-hydrogen) atoms. The van der Waals surface area contributed by atoms with Crippen LogP contribution >= 0.6 is 0 Å². The average Bonchev–Trinajstić information content (AvgIpc) is 2.37. The minimum atomic E-state index is 0.540. The summed E-state index contributed by atoms with van der Waals surface area (Å²) in [5.41, 5.74) is 1.16. The van der Waals surface area contributed by atoms with E-state index in [-0.39, 0.29) is 0 Å². The van der Waals surface area contributed by atoms with Crippen molar-refractivity contribution in [3.63, 3.8) is 0 Å². The van der Waals surface area contributed by atoms with E-state index < -0.39 is 0 Å². The van der Waals surface area contributed by atoms with Crippen molar-refractivity contribution in [2.24, 2.45) is 0 Å². The highest BCUT2D eigenvalue weighted by atomic mass is 15.1. The van der Waals surface area contributed by atoms with Crippen molar-refractivity contribution in [2.75, 3.05) is 26.2 Å². The van der Waals surface area contributed by atoms with Crippen molar-refractivity contribution >= 4 is 0 Å². The first kappa shape index (κ1) is 14.1. The van der Waals surface area contributed by atoms with Crippen molar-refractivity contribution in [1.82, 2.24) is 15.2 Å². The largest absolute Gasteiger partial charge is 0.313 e. The summed E-state index contributed by atoms with van der Waals surface area (Å²) in [4.78, 5) is 6.76. The zero-order valence-corrected chi connectivity index (χ0v) is 11.3. The molecule has 1 atom stereocenters. The van der Waals surface area contributed by atoms with Gasteiger partial charge in [0.05, 0.1) is 0 Å². The maximum absolute atomic E-state index is 4.32. The van der Waals surface area contributed by atoms with E-state index in [4.69, 9.17) is 0 Å². The molecule has 0 aliphatic rings. The summed E-state index contributed by atoms with van der Waals surface area (Å²) in [7, 11) is 0. The first-order chi connectivity index (χ1) is 8.26. The van der Waals surface area contributed by atoms with Crippen LogP contribution in [0.15, 0.2) is 24.4 Å². The van der Waals surface area contributed by atoms with Crippen LogP contribution in [0.1, 0.15) is 26.5 Å². The van der Waals surface area contributed by atoms with Crippen molar-refractivity contribution < 1.29 is 0 Å². The Morgan fingerprint density at radius 2 is 2.06 bits per heavy atom. The summed E-state index contributed by atoms with van der Waals surface area (Å²) < 4.78 is 0. The Hall–Kier alpha value is -0.930. The lowest BCUT2D eigenvalue weighted by atomic mass is 10.2. The van der Waals surface area contributed by atoms with Crippen LogP contribution < -0.4 is 5.32 Å². The van der Waals surface area contributed by atoms with Gasteiger partial charge in [0.1, 0.15) is 0 Å². The summed E-state index contributed by atoms with van der Waals surface area (Å²) in [6, 6.07) is 6.62. The maximum Gasteiger partial charge on any atom is 0.0416 e. The van der Waals surface area contributed by atoms with Crippen molar-refractivity contribution in [3.8, 4) is 0 Å². The number of aromatic nitrogens is 1. The first-order valence-corrected chi connectivity index (χ1v) is 6.61. The predicted molar refractivity (Wildman–Crippen MR) is 73.2 cm³/mol. The highest BCUT2D eigenvalue weighted by Gasteiger charge is 2.05. The highest BCUT2D eigenvalue weighted by molar-refractivity contribution is 5.03. The molecule has 96 valence electrons. The maximum atomic E-state index is 4.32. The Balaban J connectivity index is 2.18. The fourth-order valence-corrected chi connectivity index (χ4v) is 1.93. The van der Waals surface area contributed by atoms with Gasteiger partial charge in [-0.1, -0.05) is 19.9 Å². The zero-order chi connectivity index (χ0) is 12.5. The molecule has 0 fully saturated rings. The lowest BCUT2D eigenvalue weighted by Gasteiger charge is -2.23. The van der Waals surface area contributed by atoms with E-state index in [1.54, 1.807) is 0 Å². The van der Waals surface area contributed by atoms with E-state index in [9.17, 15) is 0 Å². The highest BCUT2D eigenvalue weighted by Crippen LogP contribution is 1.95. The second kappa shape index (κ2) is 8.20. The van der Waals surface area contributed by atoms with Crippen LogP contribution in [0.25, 0.3) is 0 Å². The molecule has 0 spiro atoms. The Morgan fingerprint density at radius 1 is 1.29 bits per heavy atom. The molecular weight excluding hydrogens is 210 g/mol. The third kappa shape index (κ3) is 5.80. The second-order valence-electron chi connectivity index (χ2n) is 4.41. The quantitative estimate of drug-likeness (QED) is 0.746. The number of nitrogens with one attached hydrogen (secondary N) is 1. The van der Waals surface area contributed by atoms with E-state index in [0.29, 0.717) is 6.04 Å². The zero-order valence-electron chi connectivity index (χ0n) is 11.3. The summed E-state index contributed by atoms with van der Waals surface area (Å²) in [5, 5.41) is 3.55. The van der Waals surface area contributed by atoms with Crippen molar-refractivity contribution in [2.45, 2.75) is 33.2 Å². The lowest BCUT2D eigenvalue weighted by Crippen LogP contribution is -2.39. The summed E-state index contributed by atoms with van der Waals surface area (Å²) in [6.45, 7) is 11.0. The number of hydrogen-bond donors (Lipinski definition) is 1. The lowest BCUT2D eigenvalue weighted by molar-refractivity contribution is 0.272. The molecule has 1 unspecified atom stereocenters. The normalized spacial score (nSPS) is 12.9. The number of rotatable bonds is 8. The molecule has 0 saturated carbocycles. The van der Waals surface area contributed by atoms with Crippen LogP contribution in [0.2, 0.25) is 0 Å². The summed E-state index contributed by atoms with van der Waals surface area (Å²) >= 11 is 0. The molecule has 0 aromatic carbocycles. The first-order valence-electron chi connectivity index (χ1n) is 6.61. The van der Waals surface area contributed by atoms with Crippen LogP contribution in [0, 0.1) is 0 Å². The van der Waals surface area contributed by atoms with Crippen LogP contribution in [-0.2, 0) is 6.42 Å². The van der Waals surface area contributed by atoms with Gasteiger partial charge in [0, 0.05) is 37.4 Å². The van der Waals surface area contributed by atoms with Gasteiger partial charge in [-0.3, -0.25) is 4.98 Å². The minimum Gasteiger partial charge on any atom is -0.313 e. The fourth-order valence-electron chi connectivity index (χ4n) is 1.93. The van der Waals surface area contributed by atoms with Gasteiger partial charge in [0.15, 0.2) is 0 Å². The van der Waals surface area contributed by atoms with Gasteiger partial charge >= 0.3 is 0 Å². The molecule has 0 saturated heterocycles. The van der Waals surface area contributed by atoms with Crippen molar-refractivity contribution in [1.29, 1.82) is 0 Å². The Labute approximate surface area is 105 Å². The summed E-state index contributed by atoms with van der Waals surface area (Å²) in [5.74, 6) is 0. The molecule has 3 heteroatoms. The van der Waals surface area contributed by atoms with E-state index >= 15 is 0 Å². The van der Waals surface area contributed by atoms with Crippen LogP contribution in [-0.4, -0.2) is 42.1 Å². The van der Waals surface area contributed by atoms with Gasteiger partial charge in [0.2, 0.25) is 0 Å². The number of pyridine rings is 1. The van der Waals surface area contributed by atoms with Crippen LogP contribution in [0.3, 0.4) is 0 Å². The van der Waals surface area contributed by atoms with Gasteiger partial charge in [-0.25, -0.2) is 0 Å². The predicted octanol–water partition coefficient (Wildman–Crippen LogP) is 1.94. The molecule has 0 aliphatic carbocycles. The van der Waals surface area contributed by atoms with E-state index in [1.807, 2.05) is 18.3 Å². The Kier molecular flexibility index (Phi) is 6.82. The summed E-state index contributed by atoms with van der Waals surface area (Å²) in [6.07, 6.45) is 2.86. The smallest absolute Gasteiger partial charge is 0.0416 e. The van der Waals surface area contributed by atoms with Gasteiger partial charge in [-0.15, -0.1) is 0 Å². The number of nitrogens with zero attached hydrogens (tertiary/aromatic N) is 2. The SMILES string of the molecule is CCN(CC)CC(C)NCCc1ccccn1. The third-order valence-corrected chi connectivity index (χ3v) is 3.03. The van der Waals surface area contributed by atoms with E-state index in [1.165, 1.54) is 0 Å². The van der Waals surface area contributed by atoms with E-state index in [0.717, 1.165) is 38.3 Å². The van der Waals surface area contributed by atoms with Gasteiger partial charge < -0.3 is 10.2 Å². The monoisotopic (exact) mass is 235 g/mol. The average molecular weight is 235 g/mol. The van der Waals surface area contributed by atoms with Crippen molar-refractivity contribution in [3.05, 3.63) is 30.1 Å². The van der Waals surface area contributed by atoms with Gasteiger partial charge in [0.25, 0.3) is 0 Å². The standard InChI is InChI=1S/C14H25N3/c1-4-17(5-2)12-13(3)15-11-9-14-8-6-7-10-16-14/h6-8,10,13,15H,4-5,9,11-12H2,1-3H3. The van der Waals surface area contributed by atoms with Gasteiger partial charge in [-0.2, -0.15) is 0 Å². The second-order valence-corrected chi connectivity index (χ2v) is 4.41. The number of hydrogen-bond acceptors (Lipinski definition) is 3. The van der Waals surface area contributed by atoms with Crippen LogP contribution in [0.4, 0.5) is 0 Å².